The molecular formula is C15H22ClNO2. The van der Waals surface area contributed by atoms with E-state index in [4.69, 9.17) is 16.0 Å². The lowest BCUT2D eigenvalue weighted by molar-refractivity contribution is 0.0866. The Kier molecular flexibility index (Phi) is 4.24. The summed E-state index contributed by atoms with van der Waals surface area (Å²) in [4.78, 5) is 12.4. The van der Waals surface area contributed by atoms with Gasteiger partial charge in [-0.2, -0.15) is 0 Å². The maximum Gasteiger partial charge on any atom is 0.255 e. The summed E-state index contributed by atoms with van der Waals surface area (Å²) in [6, 6.07) is 1.79. The zero-order valence-corrected chi connectivity index (χ0v) is 12.6. The number of hydrogen-bond donors (Lipinski definition) is 1. The average molecular weight is 284 g/mol. The van der Waals surface area contributed by atoms with Crippen molar-refractivity contribution < 1.29 is 9.21 Å². The molecule has 0 bridgehead atoms. The fourth-order valence-electron chi connectivity index (χ4n) is 3.09. The molecule has 0 radical (unpaired) electrons. The van der Waals surface area contributed by atoms with Crippen molar-refractivity contribution in [3.05, 3.63) is 23.2 Å². The first-order valence-corrected chi connectivity index (χ1v) is 7.45. The smallest absolute Gasteiger partial charge is 0.255 e. The van der Waals surface area contributed by atoms with Gasteiger partial charge in [-0.3, -0.25) is 4.79 Å². The van der Waals surface area contributed by atoms with Crippen LogP contribution in [0, 0.1) is 19.8 Å². The third kappa shape index (κ3) is 3.14. The highest BCUT2D eigenvalue weighted by atomic mass is 35.5. The summed E-state index contributed by atoms with van der Waals surface area (Å²) >= 11 is 6.14. The van der Waals surface area contributed by atoms with Crippen LogP contribution in [0.2, 0.25) is 0 Å². The van der Waals surface area contributed by atoms with Crippen LogP contribution in [-0.2, 0) is 0 Å². The molecular weight excluding hydrogens is 262 g/mol. The maximum absolute atomic E-state index is 12.4. The predicted octanol–water partition coefficient (Wildman–Crippen LogP) is 3.81. The molecule has 0 saturated heterocycles. The zero-order valence-electron chi connectivity index (χ0n) is 11.9. The van der Waals surface area contributed by atoms with E-state index < -0.39 is 0 Å². The number of furan rings is 1. The van der Waals surface area contributed by atoms with Gasteiger partial charge >= 0.3 is 0 Å². The number of aryl methyl sites for hydroxylation is 2. The molecule has 1 saturated carbocycles. The first kappa shape index (κ1) is 14.4. The van der Waals surface area contributed by atoms with Crippen LogP contribution in [0.5, 0.6) is 0 Å². The van der Waals surface area contributed by atoms with E-state index in [9.17, 15) is 4.79 Å². The van der Waals surface area contributed by atoms with Crippen molar-refractivity contribution in [2.24, 2.45) is 5.92 Å². The Morgan fingerprint density at radius 2 is 2.32 bits per heavy atom. The van der Waals surface area contributed by atoms with E-state index in [0.717, 1.165) is 25.0 Å². The van der Waals surface area contributed by atoms with Gasteiger partial charge in [-0.1, -0.05) is 19.8 Å². The lowest BCUT2D eigenvalue weighted by Crippen LogP contribution is -2.52. The topological polar surface area (TPSA) is 42.2 Å². The molecule has 1 aliphatic rings. The summed E-state index contributed by atoms with van der Waals surface area (Å²) in [6.45, 7) is 5.89. The van der Waals surface area contributed by atoms with Crippen molar-refractivity contribution in [3.63, 3.8) is 0 Å². The number of hydrogen-bond acceptors (Lipinski definition) is 2. The highest BCUT2D eigenvalue weighted by Crippen LogP contribution is 2.33. The van der Waals surface area contributed by atoms with E-state index in [1.54, 1.807) is 6.07 Å². The van der Waals surface area contributed by atoms with Gasteiger partial charge in [0.1, 0.15) is 11.5 Å². The molecule has 0 aliphatic heterocycles. The minimum absolute atomic E-state index is 0.0656. The van der Waals surface area contributed by atoms with E-state index in [0.29, 0.717) is 23.1 Å². The molecule has 1 amide bonds. The summed E-state index contributed by atoms with van der Waals surface area (Å²) in [6.07, 6.45) is 4.26. The molecule has 2 unspecified atom stereocenters. The number of alkyl halides is 1. The third-order valence-electron chi connectivity index (χ3n) is 4.01. The number of amides is 1. The summed E-state index contributed by atoms with van der Waals surface area (Å²) in [5, 5.41) is 3.15. The van der Waals surface area contributed by atoms with Crippen molar-refractivity contribution in [1.29, 1.82) is 0 Å². The Hall–Kier alpha value is -0.960. The van der Waals surface area contributed by atoms with Crippen LogP contribution < -0.4 is 5.32 Å². The Morgan fingerprint density at radius 1 is 1.58 bits per heavy atom. The van der Waals surface area contributed by atoms with Crippen LogP contribution in [0.15, 0.2) is 10.5 Å². The van der Waals surface area contributed by atoms with Gasteiger partial charge in [-0.15, -0.1) is 11.6 Å². The standard InChI is InChI=1S/C15H22ClNO2/c1-10-5-4-6-15(8-10,9-16)17-14(18)13-7-11(2)19-12(13)3/h7,10H,4-6,8-9H2,1-3H3,(H,17,18). The van der Waals surface area contributed by atoms with Crippen LogP contribution >= 0.6 is 11.6 Å². The SMILES string of the molecule is Cc1cc(C(=O)NC2(CCl)CCCC(C)C2)c(C)o1. The van der Waals surface area contributed by atoms with Gasteiger partial charge in [0.05, 0.1) is 11.1 Å². The van der Waals surface area contributed by atoms with Crippen molar-refractivity contribution in [2.75, 3.05) is 5.88 Å². The fourth-order valence-corrected chi connectivity index (χ4v) is 3.40. The zero-order chi connectivity index (χ0) is 14.0. The van der Waals surface area contributed by atoms with Gasteiger partial charge < -0.3 is 9.73 Å². The van der Waals surface area contributed by atoms with E-state index >= 15 is 0 Å². The summed E-state index contributed by atoms with van der Waals surface area (Å²) in [7, 11) is 0. The lowest BCUT2D eigenvalue weighted by Gasteiger charge is -2.39. The summed E-state index contributed by atoms with van der Waals surface area (Å²) in [5.41, 5.74) is 0.369. The molecule has 19 heavy (non-hydrogen) atoms. The number of halogens is 1. The average Bonchev–Trinajstić information content (AvgIpc) is 2.68. The summed E-state index contributed by atoms with van der Waals surface area (Å²) in [5.74, 6) is 2.45. The van der Waals surface area contributed by atoms with Gasteiger partial charge in [-0.05, 0) is 38.7 Å². The molecule has 2 rings (SSSR count). The van der Waals surface area contributed by atoms with Crippen LogP contribution in [0.4, 0.5) is 0 Å². The minimum atomic E-state index is -0.256. The Balaban J connectivity index is 2.14. The van der Waals surface area contributed by atoms with Crippen molar-refractivity contribution in [1.82, 2.24) is 5.32 Å². The summed E-state index contributed by atoms with van der Waals surface area (Å²) < 4.78 is 5.42. The van der Waals surface area contributed by atoms with Crippen LogP contribution in [0.25, 0.3) is 0 Å². The first-order chi connectivity index (χ1) is 8.96. The molecule has 0 aromatic carbocycles. The van der Waals surface area contributed by atoms with E-state index in [-0.39, 0.29) is 11.4 Å². The van der Waals surface area contributed by atoms with Crippen LogP contribution in [0.1, 0.15) is 54.5 Å². The second-order valence-corrected chi connectivity index (χ2v) is 6.16. The fraction of sp³-hybridized carbons (Fsp3) is 0.667. The number of rotatable bonds is 3. The van der Waals surface area contributed by atoms with Crippen molar-refractivity contribution in [2.45, 2.75) is 52.0 Å². The molecule has 0 spiro atoms. The van der Waals surface area contributed by atoms with Crippen LogP contribution in [-0.4, -0.2) is 17.3 Å². The Labute approximate surface area is 119 Å². The molecule has 1 aliphatic carbocycles. The van der Waals surface area contributed by atoms with Crippen molar-refractivity contribution in [3.8, 4) is 0 Å². The van der Waals surface area contributed by atoms with Gasteiger partial charge in [0.25, 0.3) is 5.91 Å². The number of nitrogens with one attached hydrogen (secondary N) is 1. The molecule has 3 nitrogen and oxygen atoms in total. The lowest BCUT2D eigenvalue weighted by atomic mass is 9.77. The van der Waals surface area contributed by atoms with E-state index in [1.165, 1.54) is 6.42 Å². The molecule has 1 aromatic rings. The highest BCUT2D eigenvalue weighted by molar-refractivity contribution is 6.19. The maximum atomic E-state index is 12.4. The molecule has 4 heteroatoms. The largest absolute Gasteiger partial charge is 0.466 e. The van der Waals surface area contributed by atoms with Crippen molar-refractivity contribution >= 4 is 17.5 Å². The normalized spacial score (nSPS) is 27.3. The second kappa shape index (κ2) is 5.58. The number of carbonyl (C=O) groups excluding carboxylic acids is 1. The Bertz CT molecular complexity index is 469. The Morgan fingerprint density at radius 3 is 2.84 bits per heavy atom. The van der Waals surface area contributed by atoms with Gasteiger partial charge in [0.2, 0.25) is 0 Å². The highest BCUT2D eigenvalue weighted by Gasteiger charge is 2.36. The number of carbonyl (C=O) groups is 1. The van der Waals surface area contributed by atoms with E-state index in [2.05, 4.69) is 12.2 Å². The molecule has 1 fully saturated rings. The minimum Gasteiger partial charge on any atom is -0.466 e. The van der Waals surface area contributed by atoms with Crippen LogP contribution in [0.3, 0.4) is 0 Å². The molecule has 1 aromatic heterocycles. The van der Waals surface area contributed by atoms with Gasteiger partial charge in [-0.25, -0.2) is 0 Å². The quantitative estimate of drug-likeness (QED) is 0.857. The second-order valence-electron chi connectivity index (χ2n) is 5.90. The molecule has 1 N–H and O–H groups in total. The van der Waals surface area contributed by atoms with Gasteiger partial charge in [0, 0.05) is 5.88 Å². The predicted molar refractivity (Wildman–Crippen MR) is 76.7 cm³/mol. The monoisotopic (exact) mass is 283 g/mol. The molecule has 1 heterocycles. The van der Waals surface area contributed by atoms with Gasteiger partial charge in [0.15, 0.2) is 0 Å². The molecule has 2 atom stereocenters. The molecule has 106 valence electrons. The first-order valence-electron chi connectivity index (χ1n) is 6.91. The third-order valence-corrected chi connectivity index (χ3v) is 4.52. The van der Waals surface area contributed by atoms with E-state index in [1.807, 2.05) is 13.8 Å².